The number of carbonyl (C=O) groups is 1. The van der Waals surface area contributed by atoms with Gasteiger partial charge in [-0.05, 0) is 42.7 Å². The lowest BCUT2D eigenvalue weighted by atomic mass is 10.2. The summed E-state index contributed by atoms with van der Waals surface area (Å²) in [6.45, 7) is 0. The highest BCUT2D eigenvalue weighted by Crippen LogP contribution is 2.17. The number of aromatic nitrogens is 1. The van der Waals surface area contributed by atoms with E-state index in [1.165, 1.54) is 18.3 Å². The molecule has 5 heteroatoms. The number of halogens is 2. The van der Waals surface area contributed by atoms with E-state index in [1.807, 2.05) is 0 Å². The van der Waals surface area contributed by atoms with Gasteiger partial charge in [0.1, 0.15) is 11.4 Å². The summed E-state index contributed by atoms with van der Waals surface area (Å²) in [5.41, 5.74) is 0.115. The summed E-state index contributed by atoms with van der Waals surface area (Å²) in [6, 6.07) is 9.45. The van der Waals surface area contributed by atoms with Crippen molar-refractivity contribution in [1.82, 2.24) is 4.98 Å². The van der Waals surface area contributed by atoms with Crippen molar-refractivity contribution in [2.24, 2.45) is 0 Å². The lowest BCUT2D eigenvalue weighted by Gasteiger charge is -2.03. The number of pyridine rings is 1. The van der Waals surface area contributed by atoms with E-state index in [0.717, 1.165) is 0 Å². The van der Waals surface area contributed by atoms with Gasteiger partial charge in [0.2, 0.25) is 0 Å². The van der Waals surface area contributed by atoms with Crippen LogP contribution in [0.15, 0.2) is 42.6 Å². The maximum Gasteiger partial charge on any atom is 0.311 e. The summed E-state index contributed by atoms with van der Waals surface area (Å²) < 4.78 is 18.4. The monoisotopic (exact) mass is 317 g/mol. The van der Waals surface area contributed by atoms with Crippen molar-refractivity contribution in [1.29, 1.82) is 0 Å². The number of unbranched alkanes of at least 4 members (excludes halogenated alkanes) is 1. The van der Waals surface area contributed by atoms with Crippen molar-refractivity contribution in [3.8, 4) is 17.6 Å². The Labute approximate surface area is 133 Å². The molecular formula is C17H13ClFNO2. The second kappa shape index (κ2) is 8.16. The first-order valence-electron chi connectivity index (χ1n) is 6.71. The number of ether oxygens (including phenoxy) is 1. The third-order valence-corrected chi connectivity index (χ3v) is 2.91. The molecule has 0 saturated carbocycles. The van der Waals surface area contributed by atoms with E-state index in [-0.39, 0.29) is 18.1 Å². The minimum atomic E-state index is -0.449. The maximum atomic E-state index is 13.3. The molecule has 2 rings (SSSR count). The van der Waals surface area contributed by atoms with E-state index < -0.39 is 5.82 Å². The zero-order valence-electron chi connectivity index (χ0n) is 11.7. The van der Waals surface area contributed by atoms with Crippen LogP contribution in [-0.4, -0.2) is 11.0 Å². The van der Waals surface area contributed by atoms with Crippen LogP contribution in [0, 0.1) is 17.7 Å². The van der Waals surface area contributed by atoms with Crippen molar-refractivity contribution >= 4 is 17.6 Å². The second-order valence-corrected chi connectivity index (χ2v) is 4.86. The Morgan fingerprint density at radius 2 is 2.18 bits per heavy atom. The number of esters is 1. The molecule has 22 heavy (non-hydrogen) atoms. The molecule has 0 fully saturated rings. The molecule has 112 valence electrons. The standard InChI is InChI=1S/C17H13ClFNO2/c18-13-6-4-7-14(12-13)22-17(21)10-3-1-2-9-16-15(19)8-5-11-20-16/h4-8,11-12H,1,3,10H2. The van der Waals surface area contributed by atoms with E-state index in [9.17, 15) is 9.18 Å². The molecule has 0 radical (unpaired) electrons. The first-order valence-corrected chi connectivity index (χ1v) is 7.08. The highest BCUT2D eigenvalue weighted by Gasteiger charge is 2.04. The summed E-state index contributed by atoms with van der Waals surface area (Å²) in [6.07, 6.45) is 2.70. The number of carbonyl (C=O) groups excluding carboxylic acids is 1. The number of hydrogen-bond acceptors (Lipinski definition) is 3. The molecule has 3 nitrogen and oxygen atoms in total. The minimum Gasteiger partial charge on any atom is -0.426 e. The van der Waals surface area contributed by atoms with Crippen LogP contribution >= 0.6 is 11.6 Å². The lowest BCUT2D eigenvalue weighted by Crippen LogP contribution is -2.07. The van der Waals surface area contributed by atoms with E-state index in [0.29, 0.717) is 23.6 Å². The molecule has 0 aliphatic rings. The molecule has 0 saturated heterocycles. The van der Waals surface area contributed by atoms with E-state index in [1.54, 1.807) is 24.3 Å². The van der Waals surface area contributed by atoms with Gasteiger partial charge >= 0.3 is 5.97 Å². The average Bonchev–Trinajstić information content (AvgIpc) is 2.48. The molecular weight excluding hydrogens is 305 g/mol. The lowest BCUT2D eigenvalue weighted by molar-refractivity contribution is -0.134. The highest BCUT2D eigenvalue weighted by molar-refractivity contribution is 6.30. The van der Waals surface area contributed by atoms with Crippen LogP contribution < -0.4 is 4.74 Å². The smallest absolute Gasteiger partial charge is 0.311 e. The average molecular weight is 318 g/mol. The third-order valence-electron chi connectivity index (χ3n) is 2.68. The van der Waals surface area contributed by atoms with Gasteiger partial charge in [0, 0.05) is 24.1 Å². The van der Waals surface area contributed by atoms with Gasteiger partial charge in [-0.25, -0.2) is 9.37 Å². The quantitative estimate of drug-likeness (QED) is 0.370. The molecule has 0 N–H and O–H groups in total. The summed E-state index contributed by atoms with van der Waals surface area (Å²) in [7, 11) is 0. The van der Waals surface area contributed by atoms with Crippen LogP contribution in [0.5, 0.6) is 5.75 Å². The van der Waals surface area contributed by atoms with Crippen LogP contribution in [0.25, 0.3) is 0 Å². The SMILES string of the molecule is O=C(CCCC#Cc1ncccc1F)Oc1cccc(Cl)c1. The van der Waals surface area contributed by atoms with E-state index in [2.05, 4.69) is 16.8 Å². The summed E-state index contributed by atoms with van der Waals surface area (Å²) >= 11 is 5.80. The van der Waals surface area contributed by atoms with Gasteiger partial charge in [0.15, 0.2) is 5.82 Å². The summed E-state index contributed by atoms with van der Waals surface area (Å²) in [5, 5.41) is 0.508. The molecule has 0 unspecified atom stereocenters. The molecule has 1 heterocycles. The number of hydrogen-bond donors (Lipinski definition) is 0. The minimum absolute atomic E-state index is 0.115. The Hall–Kier alpha value is -2.38. The Balaban J connectivity index is 1.75. The van der Waals surface area contributed by atoms with Crippen LogP contribution in [0.2, 0.25) is 5.02 Å². The fourth-order valence-corrected chi connectivity index (χ4v) is 1.84. The van der Waals surface area contributed by atoms with E-state index >= 15 is 0 Å². The molecule has 2 aromatic rings. The van der Waals surface area contributed by atoms with Crippen LogP contribution in [0.3, 0.4) is 0 Å². The molecule has 0 aliphatic heterocycles. The number of benzene rings is 1. The van der Waals surface area contributed by atoms with Gasteiger partial charge in [-0.3, -0.25) is 4.79 Å². The Morgan fingerprint density at radius 1 is 1.32 bits per heavy atom. The fourth-order valence-electron chi connectivity index (χ4n) is 1.66. The fraction of sp³-hybridized carbons (Fsp3) is 0.176. The Bertz CT molecular complexity index is 722. The predicted octanol–water partition coefficient (Wildman–Crippen LogP) is 4.00. The van der Waals surface area contributed by atoms with Crippen LogP contribution in [0.4, 0.5) is 4.39 Å². The van der Waals surface area contributed by atoms with Crippen molar-refractivity contribution in [3.05, 3.63) is 59.1 Å². The van der Waals surface area contributed by atoms with Crippen LogP contribution in [-0.2, 0) is 4.79 Å². The molecule has 0 spiro atoms. The molecule has 0 amide bonds. The second-order valence-electron chi connectivity index (χ2n) is 4.42. The van der Waals surface area contributed by atoms with Gasteiger partial charge in [0.25, 0.3) is 0 Å². The molecule has 0 atom stereocenters. The Kier molecular flexibility index (Phi) is 5.93. The number of nitrogens with zero attached hydrogens (tertiary/aromatic N) is 1. The first kappa shape index (κ1) is 16.0. The molecule has 1 aromatic heterocycles. The van der Waals surface area contributed by atoms with Gasteiger partial charge in [-0.2, -0.15) is 0 Å². The van der Waals surface area contributed by atoms with Gasteiger partial charge in [0.05, 0.1) is 0 Å². The van der Waals surface area contributed by atoms with Crippen molar-refractivity contribution in [2.45, 2.75) is 19.3 Å². The normalized spacial score (nSPS) is 9.73. The van der Waals surface area contributed by atoms with Crippen molar-refractivity contribution in [2.75, 3.05) is 0 Å². The van der Waals surface area contributed by atoms with Crippen LogP contribution in [0.1, 0.15) is 25.0 Å². The topological polar surface area (TPSA) is 39.2 Å². The van der Waals surface area contributed by atoms with Crippen molar-refractivity contribution in [3.63, 3.8) is 0 Å². The maximum absolute atomic E-state index is 13.3. The van der Waals surface area contributed by atoms with E-state index in [4.69, 9.17) is 16.3 Å². The number of rotatable bonds is 4. The molecule has 1 aromatic carbocycles. The Morgan fingerprint density at radius 3 is 2.95 bits per heavy atom. The van der Waals surface area contributed by atoms with Gasteiger partial charge in [-0.15, -0.1) is 0 Å². The van der Waals surface area contributed by atoms with Gasteiger partial charge < -0.3 is 4.74 Å². The third kappa shape index (κ3) is 5.19. The largest absolute Gasteiger partial charge is 0.426 e. The highest BCUT2D eigenvalue weighted by atomic mass is 35.5. The molecule has 0 bridgehead atoms. The summed E-state index contributed by atoms with van der Waals surface area (Å²) in [5.74, 6) is 5.04. The van der Waals surface area contributed by atoms with Crippen molar-refractivity contribution < 1.29 is 13.9 Å². The summed E-state index contributed by atoms with van der Waals surface area (Å²) in [4.78, 5) is 15.4. The first-order chi connectivity index (χ1) is 10.6. The van der Waals surface area contributed by atoms with Gasteiger partial charge in [-0.1, -0.05) is 23.6 Å². The zero-order chi connectivity index (χ0) is 15.8. The molecule has 0 aliphatic carbocycles. The predicted molar refractivity (Wildman–Crippen MR) is 82.0 cm³/mol. The zero-order valence-corrected chi connectivity index (χ0v) is 12.4.